The minimum absolute atomic E-state index is 0.0831. The van der Waals surface area contributed by atoms with Gasteiger partial charge in [-0.25, -0.2) is 13.8 Å². The second kappa shape index (κ2) is 10.5. The Labute approximate surface area is 238 Å². The lowest BCUT2D eigenvalue weighted by atomic mass is 9.73. The molecule has 2 aliphatic rings. The summed E-state index contributed by atoms with van der Waals surface area (Å²) in [5.74, 6) is -3.89. The summed E-state index contributed by atoms with van der Waals surface area (Å²) in [5.41, 5.74) is 1.10. The number of hydrogen-bond acceptors (Lipinski definition) is 6. The van der Waals surface area contributed by atoms with Gasteiger partial charge in [0.05, 0.1) is 34.3 Å². The molecule has 0 bridgehead atoms. The van der Waals surface area contributed by atoms with Gasteiger partial charge in [0.1, 0.15) is 0 Å². The lowest BCUT2D eigenvalue weighted by Gasteiger charge is -2.42. The standard InChI is InChI=1S/C30H31F2N3O3S2/c1-19-13-21(15-39-19)23-14-30(31,32)8-7-22(23)27(36)34-11-9-29(38,10-12-34)17-35-18-33-25-24(28(35)37)16-40-26(25)20-5-3-2-4-6-20/h2-6,13,15-16,18,22-23,38H,7-12,14,17H2,1H3. The number of hydrogen-bond donors (Lipinski definition) is 1. The van der Waals surface area contributed by atoms with Gasteiger partial charge in [-0.3, -0.25) is 14.2 Å². The monoisotopic (exact) mass is 583 g/mol. The van der Waals surface area contributed by atoms with Gasteiger partial charge in [0.2, 0.25) is 11.8 Å². The SMILES string of the molecule is Cc1cc(C2CC(F)(F)CCC2C(=O)N2CCC(O)(Cn3cnc4c(-c5ccccc5)scc4c3=O)CC2)cs1. The Bertz CT molecular complexity index is 1590. The molecule has 2 fully saturated rings. The maximum Gasteiger partial charge on any atom is 0.262 e. The average Bonchev–Trinajstić information content (AvgIpc) is 3.57. The van der Waals surface area contributed by atoms with E-state index >= 15 is 0 Å². The summed E-state index contributed by atoms with van der Waals surface area (Å²) in [6, 6.07) is 11.7. The molecule has 1 N–H and O–H groups in total. The minimum Gasteiger partial charge on any atom is -0.388 e. The van der Waals surface area contributed by atoms with E-state index in [0.29, 0.717) is 36.8 Å². The number of likely N-dealkylation sites (tertiary alicyclic amines) is 1. The second-order valence-corrected chi connectivity index (χ2v) is 13.2. The fourth-order valence-corrected chi connectivity index (χ4v) is 7.93. The fourth-order valence-electron chi connectivity index (χ4n) is 6.16. The van der Waals surface area contributed by atoms with Gasteiger partial charge >= 0.3 is 0 Å². The van der Waals surface area contributed by atoms with Crippen LogP contribution in [0.25, 0.3) is 21.3 Å². The van der Waals surface area contributed by atoms with Gasteiger partial charge in [-0.1, -0.05) is 30.3 Å². The van der Waals surface area contributed by atoms with Crippen LogP contribution >= 0.6 is 22.7 Å². The number of amides is 1. The van der Waals surface area contributed by atoms with Crippen LogP contribution < -0.4 is 5.56 Å². The molecule has 1 aromatic carbocycles. The van der Waals surface area contributed by atoms with Crippen molar-refractivity contribution in [3.05, 3.63) is 74.3 Å². The molecule has 3 aromatic heterocycles. The highest BCUT2D eigenvalue weighted by molar-refractivity contribution is 7.15. The lowest BCUT2D eigenvalue weighted by molar-refractivity contribution is -0.145. The van der Waals surface area contributed by atoms with Crippen LogP contribution in [-0.4, -0.2) is 50.1 Å². The Hall–Kier alpha value is -2.95. The maximum atomic E-state index is 14.4. The third kappa shape index (κ3) is 5.24. The van der Waals surface area contributed by atoms with Crippen molar-refractivity contribution in [2.24, 2.45) is 5.92 Å². The molecule has 2 unspecified atom stereocenters. The Balaban J connectivity index is 1.15. The number of carbonyl (C=O) groups is 1. The van der Waals surface area contributed by atoms with Gasteiger partial charge in [-0.05, 0) is 48.8 Å². The van der Waals surface area contributed by atoms with Crippen LogP contribution in [0, 0.1) is 12.8 Å². The third-order valence-corrected chi connectivity index (χ3v) is 10.3. The molecule has 10 heteroatoms. The summed E-state index contributed by atoms with van der Waals surface area (Å²) in [6.45, 7) is 2.66. The molecule has 4 aromatic rings. The third-order valence-electron chi connectivity index (χ3n) is 8.41. The van der Waals surface area contributed by atoms with Crippen LogP contribution in [0.2, 0.25) is 0 Å². The van der Waals surface area contributed by atoms with E-state index in [-0.39, 0.29) is 37.3 Å². The van der Waals surface area contributed by atoms with E-state index < -0.39 is 23.4 Å². The molecular formula is C30H31F2N3O3S2. The van der Waals surface area contributed by atoms with Crippen LogP contribution in [0.15, 0.2) is 58.3 Å². The molecule has 1 saturated carbocycles. The number of piperidine rings is 1. The van der Waals surface area contributed by atoms with Crippen LogP contribution in [0.4, 0.5) is 8.78 Å². The number of aliphatic hydroxyl groups is 1. The molecule has 40 heavy (non-hydrogen) atoms. The van der Waals surface area contributed by atoms with Crippen LogP contribution in [0.1, 0.15) is 48.5 Å². The van der Waals surface area contributed by atoms with Crippen molar-refractivity contribution in [3.63, 3.8) is 0 Å². The number of benzene rings is 1. The van der Waals surface area contributed by atoms with E-state index in [4.69, 9.17) is 0 Å². The smallest absolute Gasteiger partial charge is 0.262 e. The fraction of sp³-hybridized carbons (Fsp3) is 0.433. The molecule has 2 atom stereocenters. The predicted molar refractivity (Wildman–Crippen MR) is 154 cm³/mol. The van der Waals surface area contributed by atoms with Crippen molar-refractivity contribution in [3.8, 4) is 10.4 Å². The van der Waals surface area contributed by atoms with E-state index in [1.807, 2.05) is 54.1 Å². The Morgan fingerprint density at radius 2 is 1.88 bits per heavy atom. The summed E-state index contributed by atoms with van der Waals surface area (Å²) in [4.78, 5) is 35.1. The first-order chi connectivity index (χ1) is 19.1. The van der Waals surface area contributed by atoms with Gasteiger partial charge in [0, 0.05) is 48.0 Å². The highest BCUT2D eigenvalue weighted by atomic mass is 32.1. The number of thiophene rings is 2. The van der Waals surface area contributed by atoms with Crippen molar-refractivity contribution in [1.82, 2.24) is 14.5 Å². The number of fused-ring (bicyclic) bond motifs is 1. The van der Waals surface area contributed by atoms with Crippen molar-refractivity contribution in [1.29, 1.82) is 0 Å². The number of alkyl halides is 2. The normalized spacial score (nSPS) is 22.4. The molecular weight excluding hydrogens is 552 g/mol. The molecule has 4 heterocycles. The number of carbonyl (C=O) groups excluding carboxylic acids is 1. The largest absolute Gasteiger partial charge is 0.388 e. The topological polar surface area (TPSA) is 75.4 Å². The number of aryl methyl sites for hydroxylation is 1. The number of nitrogens with zero attached hydrogens (tertiary/aromatic N) is 3. The van der Waals surface area contributed by atoms with E-state index in [2.05, 4.69) is 4.98 Å². The van der Waals surface area contributed by atoms with Gasteiger partial charge in [0.25, 0.3) is 5.56 Å². The maximum absolute atomic E-state index is 14.4. The van der Waals surface area contributed by atoms with Crippen LogP contribution in [0.3, 0.4) is 0 Å². The van der Waals surface area contributed by atoms with Gasteiger partial charge in [0.15, 0.2) is 0 Å². The van der Waals surface area contributed by atoms with E-state index in [1.165, 1.54) is 33.6 Å². The molecule has 0 radical (unpaired) electrons. The molecule has 6 nitrogen and oxygen atoms in total. The van der Waals surface area contributed by atoms with Crippen molar-refractivity contribution in [2.45, 2.75) is 63.0 Å². The number of rotatable bonds is 5. The van der Waals surface area contributed by atoms with E-state index in [1.54, 1.807) is 4.90 Å². The number of halogens is 2. The Kier molecular flexibility index (Phi) is 7.13. The van der Waals surface area contributed by atoms with Crippen molar-refractivity contribution < 1.29 is 18.7 Å². The van der Waals surface area contributed by atoms with E-state index in [0.717, 1.165) is 20.9 Å². The molecule has 1 aliphatic carbocycles. The first-order valence-corrected chi connectivity index (χ1v) is 15.3. The minimum atomic E-state index is -2.77. The highest BCUT2D eigenvalue weighted by Crippen LogP contribution is 2.47. The van der Waals surface area contributed by atoms with Crippen molar-refractivity contribution in [2.75, 3.05) is 13.1 Å². The summed E-state index contributed by atoms with van der Waals surface area (Å²) >= 11 is 2.99. The van der Waals surface area contributed by atoms with Crippen LogP contribution in [0.5, 0.6) is 0 Å². The zero-order chi connectivity index (χ0) is 28.1. The van der Waals surface area contributed by atoms with Gasteiger partial charge in [-0.2, -0.15) is 0 Å². The summed E-state index contributed by atoms with van der Waals surface area (Å²) in [5, 5.41) is 15.6. The first kappa shape index (κ1) is 27.2. The second-order valence-electron chi connectivity index (χ2n) is 11.2. The van der Waals surface area contributed by atoms with Crippen LogP contribution in [-0.2, 0) is 11.3 Å². The van der Waals surface area contributed by atoms with Crippen molar-refractivity contribution >= 4 is 39.5 Å². The molecule has 1 amide bonds. The Morgan fingerprint density at radius 3 is 2.58 bits per heavy atom. The molecule has 1 saturated heterocycles. The quantitative estimate of drug-likeness (QED) is 0.310. The summed E-state index contributed by atoms with van der Waals surface area (Å²) in [7, 11) is 0. The zero-order valence-electron chi connectivity index (χ0n) is 22.2. The zero-order valence-corrected chi connectivity index (χ0v) is 23.8. The van der Waals surface area contributed by atoms with Gasteiger partial charge in [-0.15, -0.1) is 22.7 Å². The van der Waals surface area contributed by atoms with E-state index in [9.17, 15) is 23.5 Å². The average molecular weight is 584 g/mol. The molecule has 0 spiro atoms. The molecule has 210 valence electrons. The molecule has 6 rings (SSSR count). The highest BCUT2D eigenvalue weighted by Gasteiger charge is 2.47. The number of aromatic nitrogens is 2. The van der Waals surface area contributed by atoms with Gasteiger partial charge < -0.3 is 10.0 Å². The Morgan fingerprint density at radius 1 is 1.12 bits per heavy atom. The summed E-state index contributed by atoms with van der Waals surface area (Å²) in [6.07, 6.45) is 1.65. The molecule has 1 aliphatic heterocycles. The predicted octanol–water partition coefficient (Wildman–Crippen LogP) is 6.07. The summed E-state index contributed by atoms with van der Waals surface area (Å²) < 4.78 is 30.2. The lowest BCUT2D eigenvalue weighted by Crippen LogP contribution is -2.52. The first-order valence-electron chi connectivity index (χ1n) is 13.6.